The van der Waals surface area contributed by atoms with E-state index >= 15 is 0 Å². The molecule has 3 heterocycles. The van der Waals surface area contributed by atoms with E-state index in [4.69, 9.17) is 15.0 Å². The maximum Gasteiger partial charge on any atom is 0.164 e. The van der Waals surface area contributed by atoms with Gasteiger partial charge in [0.15, 0.2) is 17.5 Å². The van der Waals surface area contributed by atoms with Crippen LogP contribution in [0.1, 0.15) is 22.3 Å². The fourth-order valence-corrected chi connectivity index (χ4v) is 11.4. The highest BCUT2D eigenvalue weighted by atomic mass is 15.0. The van der Waals surface area contributed by atoms with E-state index in [0.29, 0.717) is 17.5 Å². The first kappa shape index (κ1) is 39.0. The SMILES string of the molecule is c1ccc(-c2nc(-c3ccccc3)nc(-c3cccc(C4(c5ccc6c(c5)c5c7c8ccccc8n(-c8ccccc8)c7ccc5n6-c5ccccc5)c5ccccc5-c5ccccc54)c3)n2)cc1. The molecule has 1 aliphatic rings. The zero-order chi connectivity index (χ0) is 45.5. The molecule has 14 rings (SSSR count). The topological polar surface area (TPSA) is 48.5 Å². The highest BCUT2D eigenvalue weighted by Crippen LogP contribution is 2.57. The molecule has 0 atom stereocenters. The van der Waals surface area contributed by atoms with E-state index in [1.54, 1.807) is 0 Å². The van der Waals surface area contributed by atoms with Crippen molar-refractivity contribution < 1.29 is 0 Å². The first-order valence-corrected chi connectivity index (χ1v) is 23.5. The highest BCUT2D eigenvalue weighted by molar-refractivity contribution is 6.29. The number of fused-ring (bicyclic) bond motifs is 10. The molecule has 0 radical (unpaired) electrons. The van der Waals surface area contributed by atoms with Crippen molar-refractivity contribution >= 4 is 43.6 Å². The Bertz CT molecular complexity index is 4010. The lowest BCUT2D eigenvalue weighted by atomic mass is 9.67. The lowest BCUT2D eigenvalue weighted by molar-refractivity contribution is 0.770. The summed E-state index contributed by atoms with van der Waals surface area (Å²) >= 11 is 0. The van der Waals surface area contributed by atoms with E-state index in [2.05, 4.69) is 221 Å². The van der Waals surface area contributed by atoms with Crippen LogP contribution in [0.15, 0.2) is 249 Å². The van der Waals surface area contributed by atoms with E-state index < -0.39 is 5.41 Å². The van der Waals surface area contributed by atoms with Crippen molar-refractivity contribution in [2.75, 3.05) is 0 Å². The number of nitrogens with zero attached hydrogens (tertiary/aromatic N) is 5. The summed E-state index contributed by atoms with van der Waals surface area (Å²) in [6.07, 6.45) is 0. The maximum atomic E-state index is 5.21. The van der Waals surface area contributed by atoms with Gasteiger partial charge in [0.05, 0.1) is 27.5 Å². The molecule has 13 aromatic rings. The summed E-state index contributed by atoms with van der Waals surface area (Å²) in [6, 6.07) is 89.5. The van der Waals surface area contributed by atoms with Crippen LogP contribution in [-0.4, -0.2) is 24.1 Å². The average Bonchev–Trinajstić information content (AvgIpc) is 4.06. The van der Waals surface area contributed by atoms with Gasteiger partial charge in [0.1, 0.15) is 0 Å². The predicted octanol–water partition coefficient (Wildman–Crippen LogP) is 15.4. The van der Waals surface area contributed by atoms with Crippen LogP contribution in [0.25, 0.3) is 100 Å². The van der Waals surface area contributed by atoms with Gasteiger partial charge in [0.2, 0.25) is 0 Å². The largest absolute Gasteiger partial charge is 0.309 e. The van der Waals surface area contributed by atoms with E-state index in [1.165, 1.54) is 65.9 Å². The van der Waals surface area contributed by atoms with Crippen LogP contribution < -0.4 is 0 Å². The van der Waals surface area contributed by atoms with Gasteiger partial charge in [0, 0.05) is 49.6 Å². The monoisotopic (exact) mass is 879 g/mol. The van der Waals surface area contributed by atoms with Crippen molar-refractivity contribution in [3.8, 4) is 56.7 Å². The highest BCUT2D eigenvalue weighted by Gasteiger charge is 2.46. The van der Waals surface area contributed by atoms with E-state index in [-0.39, 0.29) is 0 Å². The van der Waals surface area contributed by atoms with E-state index in [9.17, 15) is 0 Å². The third-order valence-electron chi connectivity index (χ3n) is 14.2. The molecule has 5 nitrogen and oxygen atoms in total. The van der Waals surface area contributed by atoms with Gasteiger partial charge >= 0.3 is 0 Å². The second-order valence-electron chi connectivity index (χ2n) is 17.9. The molecular weight excluding hydrogens is 839 g/mol. The molecule has 1 aliphatic carbocycles. The molecule has 0 saturated carbocycles. The van der Waals surface area contributed by atoms with Gasteiger partial charge in [-0.3, -0.25) is 0 Å². The summed E-state index contributed by atoms with van der Waals surface area (Å²) < 4.78 is 4.87. The minimum absolute atomic E-state index is 0.623. The Balaban J connectivity index is 1.08. The van der Waals surface area contributed by atoms with Gasteiger partial charge in [-0.2, -0.15) is 0 Å². The molecular formula is C64H41N5. The number of hydrogen-bond acceptors (Lipinski definition) is 3. The number of benzene rings is 10. The van der Waals surface area contributed by atoms with Crippen LogP contribution in [0.5, 0.6) is 0 Å². The fourth-order valence-electron chi connectivity index (χ4n) is 11.4. The number of hydrogen-bond donors (Lipinski definition) is 0. The molecule has 5 heteroatoms. The van der Waals surface area contributed by atoms with E-state index in [1.807, 2.05) is 36.4 Å². The van der Waals surface area contributed by atoms with Gasteiger partial charge < -0.3 is 9.13 Å². The molecule has 0 N–H and O–H groups in total. The Morgan fingerprint density at radius 2 is 0.710 bits per heavy atom. The van der Waals surface area contributed by atoms with Crippen molar-refractivity contribution in [2.45, 2.75) is 5.41 Å². The first-order chi connectivity index (χ1) is 34.2. The summed E-state index contributed by atoms with van der Waals surface area (Å²) in [4.78, 5) is 15.4. The summed E-state index contributed by atoms with van der Waals surface area (Å²) in [5.41, 5.74) is 16.3. The van der Waals surface area contributed by atoms with Gasteiger partial charge in [-0.1, -0.05) is 188 Å². The van der Waals surface area contributed by atoms with Crippen LogP contribution in [0, 0.1) is 0 Å². The third-order valence-corrected chi connectivity index (χ3v) is 14.2. The lowest BCUT2D eigenvalue weighted by Gasteiger charge is -2.34. The molecule has 69 heavy (non-hydrogen) atoms. The lowest BCUT2D eigenvalue weighted by Crippen LogP contribution is -2.28. The van der Waals surface area contributed by atoms with Crippen molar-refractivity contribution in [1.82, 2.24) is 24.1 Å². The second kappa shape index (κ2) is 15.4. The molecule has 0 aliphatic heterocycles. The molecule has 0 amide bonds. The quantitative estimate of drug-likeness (QED) is 0.160. The van der Waals surface area contributed by atoms with Gasteiger partial charge in [0.25, 0.3) is 0 Å². The summed E-state index contributed by atoms with van der Waals surface area (Å²) in [7, 11) is 0. The van der Waals surface area contributed by atoms with Crippen molar-refractivity contribution in [1.29, 1.82) is 0 Å². The predicted molar refractivity (Wildman–Crippen MR) is 282 cm³/mol. The Labute approximate surface area is 398 Å². The number of para-hydroxylation sites is 3. The zero-order valence-electron chi connectivity index (χ0n) is 37.4. The molecule has 0 bridgehead atoms. The zero-order valence-corrected chi connectivity index (χ0v) is 37.4. The summed E-state index contributed by atoms with van der Waals surface area (Å²) in [6.45, 7) is 0. The maximum absolute atomic E-state index is 5.21. The van der Waals surface area contributed by atoms with Gasteiger partial charge in [-0.25, -0.2) is 15.0 Å². The Morgan fingerprint density at radius 1 is 0.290 bits per heavy atom. The summed E-state index contributed by atoms with van der Waals surface area (Å²) in [5.74, 6) is 1.89. The molecule has 0 spiro atoms. The van der Waals surface area contributed by atoms with E-state index in [0.717, 1.165) is 39.1 Å². The minimum atomic E-state index is -0.706. The van der Waals surface area contributed by atoms with Crippen LogP contribution >= 0.6 is 0 Å². The van der Waals surface area contributed by atoms with Crippen LogP contribution in [0.4, 0.5) is 0 Å². The summed E-state index contributed by atoms with van der Waals surface area (Å²) in [5, 5.41) is 4.89. The normalized spacial score (nSPS) is 12.8. The fraction of sp³-hybridized carbons (Fsp3) is 0.0156. The number of rotatable bonds is 7. The van der Waals surface area contributed by atoms with Gasteiger partial charge in [-0.15, -0.1) is 0 Å². The molecule has 0 fully saturated rings. The molecule has 3 aromatic heterocycles. The molecule has 322 valence electrons. The standard InChI is InChI=1S/C64H41N5/c1-5-20-42(21-6-1)61-65-62(43-22-7-2-8-23-43)67-63(66-61)44-24-19-25-45(40-44)64(53-33-16-13-30-49(53)50-31-14-17-34-54(50)64)46-36-37-56-52(41-46)60-58(69(56)48-28-11-4-12-29-48)39-38-57-59(60)51-32-15-18-35-55(51)68(57)47-26-9-3-10-27-47/h1-41H. The Hall–Kier alpha value is -9.19. The number of aromatic nitrogens is 5. The molecule has 0 saturated heterocycles. The van der Waals surface area contributed by atoms with Gasteiger partial charge in [-0.05, 0) is 94.0 Å². The third kappa shape index (κ3) is 5.87. The minimum Gasteiger partial charge on any atom is -0.309 e. The molecule has 0 unspecified atom stereocenters. The first-order valence-electron chi connectivity index (χ1n) is 23.5. The Morgan fingerprint density at radius 3 is 1.29 bits per heavy atom. The van der Waals surface area contributed by atoms with Crippen molar-refractivity contribution in [3.05, 3.63) is 271 Å². The Kier molecular flexibility index (Phi) is 8.73. The van der Waals surface area contributed by atoms with Crippen molar-refractivity contribution in [2.24, 2.45) is 0 Å². The smallest absolute Gasteiger partial charge is 0.164 e. The molecule has 10 aromatic carbocycles. The van der Waals surface area contributed by atoms with Crippen molar-refractivity contribution in [3.63, 3.8) is 0 Å². The average molecular weight is 880 g/mol. The van der Waals surface area contributed by atoms with Crippen LogP contribution in [0.2, 0.25) is 0 Å². The van der Waals surface area contributed by atoms with Crippen LogP contribution in [-0.2, 0) is 5.41 Å². The second-order valence-corrected chi connectivity index (χ2v) is 17.9. The van der Waals surface area contributed by atoms with Crippen LogP contribution in [0.3, 0.4) is 0 Å².